The van der Waals surface area contributed by atoms with Crippen LogP contribution < -0.4 is 0 Å². The van der Waals surface area contributed by atoms with Crippen LogP contribution in [-0.2, 0) is 4.79 Å². The van der Waals surface area contributed by atoms with Crippen LogP contribution in [0.4, 0.5) is 0 Å². The van der Waals surface area contributed by atoms with Crippen LogP contribution in [0.3, 0.4) is 0 Å². The molecule has 2 nitrogen and oxygen atoms in total. The van der Waals surface area contributed by atoms with E-state index in [0.29, 0.717) is 0 Å². The van der Waals surface area contributed by atoms with Crippen LogP contribution in [0.25, 0.3) is 5.41 Å². The van der Waals surface area contributed by atoms with Gasteiger partial charge in [-0.05, 0) is 6.08 Å². The van der Waals surface area contributed by atoms with E-state index in [4.69, 9.17) is 5.41 Å². The number of hydrogen-bond acceptors (Lipinski definition) is 1. The Labute approximate surface area is 41.7 Å². The van der Waals surface area contributed by atoms with Gasteiger partial charge in [-0.25, -0.2) is 0 Å². The van der Waals surface area contributed by atoms with Gasteiger partial charge in [0.05, 0.1) is 0 Å². The van der Waals surface area contributed by atoms with Crippen LogP contribution in [0.5, 0.6) is 0 Å². The Morgan fingerprint density at radius 1 is 1.86 bits per heavy atom. The van der Waals surface area contributed by atoms with E-state index in [1.54, 1.807) is 5.87 Å². The molecule has 0 unspecified atom stereocenters. The molecule has 0 aliphatic carbocycles. The van der Waals surface area contributed by atoms with E-state index in [0.717, 1.165) is 12.2 Å². The molecule has 0 atom stereocenters. The van der Waals surface area contributed by atoms with E-state index in [9.17, 15) is 4.79 Å². The summed E-state index contributed by atoms with van der Waals surface area (Å²) in [5, 5.41) is 7.79. The summed E-state index contributed by atoms with van der Waals surface area (Å²) in [7, 11) is 0. The first-order valence-electron chi connectivity index (χ1n) is 1.70. The second kappa shape index (κ2) is 3.07. The van der Waals surface area contributed by atoms with E-state index in [2.05, 4.69) is 6.58 Å². The van der Waals surface area contributed by atoms with Gasteiger partial charge in [-0.1, -0.05) is 6.58 Å². The van der Waals surface area contributed by atoms with Gasteiger partial charge in [0.25, 0.3) is 0 Å². The maximum Gasteiger partial charge on any atom is 0.183 e. The van der Waals surface area contributed by atoms with Gasteiger partial charge in [-0.3, -0.25) is 10.7 Å². The highest BCUT2D eigenvalue weighted by Crippen LogP contribution is 1.67. The number of nitrogens with zero attached hydrogens (tertiary/aromatic N) is 1. The predicted octanol–water partition coefficient (Wildman–Crippen LogP) is 0.537. The first-order chi connectivity index (χ1) is 3.31. The fraction of sp³-hybridized carbons (Fsp3) is 0. The van der Waals surface area contributed by atoms with Gasteiger partial charge < -0.3 is 5.41 Å². The van der Waals surface area contributed by atoms with E-state index in [1.165, 1.54) is 0 Å². The van der Waals surface area contributed by atoms with E-state index >= 15 is 0 Å². The molecular weight excluding hydrogens is 90.1 g/mol. The molecule has 0 spiro atoms. The van der Waals surface area contributed by atoms with Crippen molar-refractivity contribution in [3.05, 3.63) is 24.1 Å². The average molecular weight is 94.1 g/mol. The van der Waals surface area contributed by atoms with Crippen molar-refractivity contribution >= 4 is 11.7 Å². The van der Waals surface area contributed by atoms with Gasteiger partial charge >= 0.3 is 0 Å². The van der Waals surface area contributed by atoms with Crippen LogP contribution in [0, 0.1) is 0 Å². The zero-order valence-corrected chi connectivity index (χ0v) is 3.72. The molecule has 0 heterocycles. The fourth-order valence-corrected chi connectivity index (χ4v) is 0.123. The zero-order chi connectivity index (χ0) is 5.70. The lowest BCUT2D eigenvalue weighted by Crippen LogP contribution is -1.80. The summed E-state index contributed by atoms with van der Waals surface area (Å²) in [5.41, 5.74) is 0. The van der Waals surface area contributed by atoms with E-state index in [1.807, 2.05) is 0 Å². The molecular formula is C5H4NO-. The Morgan fingerprint density at radius 2 is 2.43 bits per heavy atom. The first-order valence-corrected chi connectivity index (χ1v) is 1.70. The minimum absolute atomic E-state index is 0.345. The Morgan fingerprint density at radius 3 is 2.57 bits per heavy atom. The van der Waals surface area contributed by atoms with Crippen LogP contribution in [-0.4, -0.2) is 11.7 Å². The minimum Gasteiger partial charge on any atom is -0.763 e. The van der Waals surface area contributed by atoms with Gasteiger partial charge in [0.1, 0.15) is 0 Å². The maximum absolute atomic E-state index is 10.0. The molecule has 36 valence electrons. The third-order valence-electron chi connectivity index (χ3n) is 0.408. The van der Waals surface area contributed by atoms with Crippen LogP contribution >= 0.6 is 0 Å². The fourth-order valence-electron chi connectivity index (χ4n) is 0.123. The van der Waals surface area contributed by atoms with E-state index < -0.39 is 0 Å². The predicted molar refractivity (Wildman–Crippen MR) is 28.1 cm³/mol. The summed E-state index contributed by atoms with van der Waals surface area (Å²) in [5.74, 6) is 1.23. The van der Waals surface area contributed by atoms with Crippen molar-refractivity contribution in [1.82, 2.24) is 0 Å². The number of hydrogen-bond donors (Lipinski definition) is 0. The van der Waals surface area contributed by atoms with Gasteiger partial charge in [-0.2, -0.15) is 0 Å². The molecule has 0 aliphatic rings. The van der Waals surface area contributed by atoms with Crippen molar-refractivity contribution in [2.75, 3.05) is 0 Å². The highest BCUT2D eigenvalue weighted by molar-refractivity contribution is 6.04. The smallest absolute Gasteiger partial charge is 0.183 e. The van der Waals surface area contributed by atoms with Crippen molar-refractivity contribution in [1.29, 1.82) is 0 Å². The summed E-state index contributed by atoms with van der Waals surface area (Å²) in [6, 6.07) is 0. The quantitative estimate of drug-likeness (QED) is 0.363. The van der Waals surface area contributed by atoms with Crippen LogP contribution in [0.2, 0.25) is 0 Å². The van der Waals surface area contributed by atoms with Gasteiger partial charge in [0, 0.05) is 6.08 Å². The molecule has 0 aromatic heterocycles. The number of allylic oxidation sites excluding steroid dienone is 2. The molecule has 0 fully saturated rings. The second-order valence-corrected chi connectivity index (χ2v) is 0.880. The van der Waals surface area contributed by atoms with Crippen LogP contribution in [0.1, 0.15) is 0 Å². The molecule has 0 aromatic rings. The average Bonchev–Trinajstić information content (AvgIpc) is 1.68. The monoisotopic (exact) mass is 94.0 g/mol. The second-order valence-electron chi connectivity index (χ2n) is 0.880. The zero-order valence-electron chi connectivity index (χ0n) is 3.72. The van der Waals surface area contributed by atoms with Crippen molar-refractivity contribution in [3.8, 4) is 0 Å². The SMILES string of the molecule is C=CC(=O)C=C=[N-]. The van der Waals surface area contributed by atoms with Crippen molar-refractivity contribution in [2.24, 2.45) is 0 Å². The highest BCUT2D eigenvalue weighted by atomic mass is 16.1. The standard InChI is InChI=1S/C5H4NO/c1-2-5(7)3-4-6/h2-3H,1H2/q-1. The third kappa shape index (κ3) is 2.67. The summed E-state index contributed by atoms with van der Waals surface area (Å²) >= 11 is 0. The Kier molecular flexibility index (Phi) is 2.57. The van der Waals surface area contributed by atoms with Crippen molar-refractivity contribution in [2.45, 2.75) is 0 Å². The summed E-state index contributed by atoms with van der Waals surface area (Å²) in [4.78, 5) is 10.0. The molecule has 0 N–H and O–H groups in total. The van der Waals surface area contributed by atoms with Crippen molar-refractivity contribution < 1.29 is 4.79 Å². The number of rotatable bonds is 2. The lowest BCUT2D eigenvalue weighted by molar-refractivity contribution is -0.110. The van der Waals surface area contributed by atoms with Crippen molar-refractivity contribution in [3.63, 3.8) is 0 Å². The largest absolute Gasteiger partial charge is 0.763 e. The maximum atomic E-state index is 10.0. The highest BCUT2D eigenvalue weighted by Gasteiger charge is 1.76. The Balaban J connectivity index is 3.82. The topological polar surface area (TPSA) is 39.4 Å². The Hall–Kier alpha value is -1.14. The molecule has 7 heavy (non-hydrogen) atoms. The molecule has 0 aliphatic heterocycles. The van der Waals surface area contributed by atoms with E-state index in [-0.39, 0.29) is 5.78 Å². The number of ketones is 1. The lowest BCUT2D eigenvalue weighted by Gasteiger charge is -1.72. The van der Waals surface area contributed by atoms with Gasteiger partial charge in [0.15, 0.2) is 5.78 Å². The summed E-state index contributed by atoms with van der Waals surface area (Å²) in [6.07, 6.45) is 1.98. The van der Waals surface area contributed by atoms with Crippen LogP contribution in [0.15, 0.2) is 18.7 Å². The van der Waals surface area contributed by atoms with Gasteiger partial charge in [0.2, 0.25) is 0 Å². The molecule has 0 saturated carbocycles. The molecule has 0 aromatic carbocycles. The molecule has 0 saturated heterocycles. The summed E-state index contributed by atoms with van der Waals surface area (Å²) < 4.78 is 0. The lowest BCUT2D eigenvalue weighted by atomic mass is 10.4. The first kappa shape index (κ1) is 5.86. The molecule has 0 bridgehead atoms. The molecule has 2 heteroatoms. The third-order valence-corrected chi connectivity index (χ3v) is 0.408. The Bertz CT molecular complexity index is 131. The molecule has 0 radical (unpaired) electrons. The number of carbonyl (C=O) groups is 1. The minimum atomic E-state index is -0.345. The summed E-state index contributed by atoms with van der Waals surface area (Å²) in [6.45, 7) is 3.15. The van der Waals surface area contributed by atoms with Gasteiger partial charge in [-0.15, -0.1) is 0 Å². The number of carbonyl (C=O) groups excluding carboxylic acids is 1. The molecule has 0 rings (SSSR count). The normalized spacial score (nSPS) is 6.29. The molecule has 0 amide bonds.